The van der Waals surface area contributed by atoms with Gasteiger partial charge in [0, 0.05) is 17.6 Å². The van der Waals surface area contributed by atoms with Crippen molar-refractivity contribution in [2.24, 2.45) is 5.73 Å². The van der Waals surface area contributed by atoms with E-state index in [1.165, 1.54) is 0 Å². The smallest absolute Gasteiger partial charge is 0.263 e. The molecule has 1 atom stereocenters. The van der Waals surface area contributed by atoms with Crippen LogP contribution in [-0.2, 0) is 4.79 Å². The van der Waals surface area contributed by atoms with Crippen molar-refractivity contribution in [3.8, 4) is 5.75 Å². The third kappa shape index (κ3) is 3.49. The molecule has 1 unspecified atom stereocenters. The fourth-order valence-corrected chi connectivity index (χ4v) is 2.75. The molecule has 1 heterocycles. The van der Waals surface area contributed by atoms with Crippen LogP contribution in [0, 0.1) is 0 Å². The second-order valence-electron chi connectivity index (χ2n) is 4.80. The van der Waals surface area contributed by atoms with E-state index < -0.39 is 6.10 Å². The van der Waals surface area contributed by atoms with Gasteiger partial charge in [-0.3, -0.25) is 4.79 Å². The quantitative estimate of drug-likeness (QED) is 0.842. The Labute approximate surface area is 132 Å². The number of thiocarbonyl (C=S) groups is 1. The van der Waals surface area contributed by atoms with Gasteiger partial charge in [-0.25, -0.2) is 0 Å². The lowest BCUT2D eigenvalue weighted by atomic mass is 10.2. The van der Waals surface area contributed by atoms with Gasteiger partial charge >= 0.3 is 0 Å². The number of rotatable bonds is 4. The van der Waals surface area contributed by atoms with Crippen LogP contribution in [0.3, 0.4) is 0 Å². The van der Waals surface area contributed by atoms with Crippen LogP contribution in [0.2, 0.25) is 0 Å². The van der Waals surface area contributed by atoms with Crippen LogP contribution < -0.4 is 10.5 Å². The molecule has 0 radical (unpaired) electrons. The largest absolute Gasteiger partial charge is 0.480 e. The zero-order valence-electron chi connectivity index (χ0n) is 11.3. The van der Waals surface area contributed by atoms with E-state index in [2.05, 4.69) is 15.9 Å². The fraction of sp³-hybridized carbons (Fsp3) is 0.429. The van der Waals surface area contributed by atoms with Gasteiger partial charge in [0.1, 0.15) is 10.7 Å². The molecular formula is C14H17BrN2O2S. The Hall–Kier alpha value is -1.14. The number of nitrogens with zero attached hydrogens (tertiary/aromatic N) is 1. The Morgan fingerprint density at radius 3 is 2.70 bits per heavy atom. The molecule has 1 aromatic rings. The molecule has 2 rings (SSSR count). The average Bonchev–Trinajstić information content (AvgIpc) is 2.93. The standard InChI is InChI=1S/C14H17BrN2O2S/c1-9(14(18)17-6-2-3-7-17)19-12-5-4-10(15)8-11(12)13(16)20/h4-5,8-9H,2-3,6-7H2,1H3,(H2,16,20). The summed E-state index contributed by atoms with van der Waals surface area (Å²) in [6, 6.07) is 5.40. The molecular weight excluding hydrogens is 340 g/mol. The van der Waals surface area contributed by atoms with Gasteiger partial charge in [-0.1, -0.05) is 28.1 Å². The van der Waals surface area contributed by atoms with Crippen LogP contribution in [-0.4, -0.2) is 35.0 Å². The molecule has 0 saturated carbocycles. The van der Waals surface area contributed by atoms with Gasteiger partial charge in [0.2, 0.25) is 0 Å². The van der Waals surface area contributed by atoms with Crippen molar-refractivity contribution < 1.29 is 9.53 Å². The summed E-state index contributed by atoms with van der Waals surface area (Å²) in [5.41, 5.74) is 6.33. The number of hydrogen-bond acceptors (Lipinski definition) is 3. The van der Waals surface area contributed by atoms with Gasteiger partial charge in [-0.15, -0.1) is 0 Å². The lowest BCUT2D eigenvalue weighted by Gasteiger charge is -2.22. The first-order valence-corrected chi connectivity index (χ1v) is 7.74. The minimum atomic E-state index is -0.539. The van der Waals surface area contributed by atoms with Crippen molar-refractivity contribution in [2.75, 3.05) is 13.1 Å². The van der Waals surface area contributed by atoms with Crippen molar-refractivity contribution in [3.63, 3.8) is 0 Å². The number of amides is 1. The Balaban J connectivity index is 2.12. The normalized spacial score (nSPS) is 16.0. The van der Waals surface area contributed by atoms with Gasteiger partial charge in [0.05, 0.1) is 5.56 Å². The molecule has 0 bridgehead atoms. The SMILES string of the molecule is CC(Oc1ccc(Br)cc1C(N)=S)C(=O)N1CCCC1. The molecule has 6 heteroatoms. The van der Waals surface area contributed by atoms with E-state index in [1.807, 2.05) is 11.0 Å². The average molecular weight is 357 g/mol. The maximum absolute atomic E-state index is 12.2. The predicted octanol–water partition coefficient (Wildman–Crippen LogP) is 2.47. The van der Waals surface area contributed by atoms with Crippen molar-refractivity contribution in [1.82, 2.24) is 4.90 Å². The lowest BCUT2D eigenvalue weighted by molar-refractivity contribution is -0.136. The third-order valence-electron chi connectivity index (χ3n) is 3.28. The summed E-state index contributed by atoms with van der Waals surface area (Å²) in [7, 11) is 0. The molecule has 0 spiro atoms. The third-order valence-corrected chi connectivity index (χ3v) is 3.99. The van der Waals surface area contributed by atoms with E-state index in [0.717, 1.165) is 30.4 Å². The first-order valence-electron chi connectivity index (χ1n) is 6.54. The minimum Gasteiger partial charge on any atom is -0.480 e. The van der Waals surface area contributed by atoms with Crippen LogP contribution in [0.15, 0.2) is 22.7 Å². The van der Waals surface area contributed by atoms with Crippen molar-refractivity contribution >= 4 is 39.0 Å². The van der Waals surface area contributed by atoms with Crippen LogP contribution in [0.25, 0.3) is 0 Å². The topological polar surface area (TPSA) is 55.6 Å². The number of halogens is 1. The van der Waals surface area contributed by atoms with E-state index in [0.29, 0.717) is 11.3 Å². The summed E-state index contributed by atoms with van der Waals surface area (Å²) in [6.07, 6.45) is 1.59. The van der Waals surface area contributed by atoms with Crippen LogP contribution in [0.4, 0.5) is 0 Å². The van der Waals surface area contributed by atoms with E-state index in [1.54, 1.807) is 19.1 Å². The van der Waals surface area contributed by atoms with Gasteiger partial charge in [-0.2, -0.15) is 0 Å². The van der Waals surface area contributed by atoms with Crippen LogP contribution >= 0.6 is 28.1 Å². The van der Waals surface area contributed by atoms with Crippen molar-refractivity contribution in [1.29, 1.82) is 0 Å². The van der Waals surface area contributed by atoms with E-state index in [-0.39, 0.29) is 10.9 Å². The lowest BCUT2D eigenvalue weighted by Crippen LogP contribution is -2.38. The summed E-state index contributed by atoms with van der Waals surface area (Å²) < 4.78 is 6.62. The molecule has 1 amide bonds. The number of ether oxygens (including phenoxy) is 1. The maximum atomic E-state index is 12.2. The summed E-state index contributed by atoms with van der Waals surface area (Å²) in [5.74, 6) is 0.556. The Morgan fingerprint density at radius 1 is 1.45 bits per heavy atom. The molecule has 1 fully saturated rings. The predicted molar refractivity (Wildman–Crippen MR) is 85.9 cm³/mol. The van der Waals surface area contributed by atoms with Gasteiger partial charge in [0.15, 0.2) is 6.10 Å². The highest BCUT2D eigenvalue weighted by molar-refractivity contribution is 9.10. The molecule has 108 valence electrons. The van der Waals surface area contributed by atoms with E-state index in [9.17, 15) is 4.79 Å². The highest BCUT2D eigenvalue weighted by Gasteiger charge is 2.25. The Bertz CT molecular complexity index is 530. The molecule has 20 heavy (non-hydrogen) atoms. The zero-order valence-corrected chi connectivity index (χ0v) is 13.7. The van der Waals surface area contributed by atoms with Gasteiger partial charge in [-0.05, 0) is 38.0 Å². The zero-order chi connectivity index (χ0) is 14.7. The number of likely N-dealkylation sites (tertiary alicyclic amines) is 1. The molecule has 1 aliphatic rings. The second-order valence-corrected chi connectivity index (χ2v) is 6.15. The molecule has 1 aliphatic heterocycles. The summed E-state index contributed by atoms with van der Waals surface area (Å²) >= 11 is 8.38. The highest BCUT2D eigenvalue weighted by atomic mass is 79.9. The first kappa shape index (κ1) is 15.3. The molecule has 0 aromatic heterocycles. The van der Waals surface area contributed by atoms with E-state index >= 15 is 0 Å². The Kier molecular flexibility index (Phi) is 4.99. The van der Waals surface area contributed by atoms with Gasteiger partial charge < -0.3 is 15.4 Å². The number of hydrogen-bond donors (Lipinski definition) is 1. The molecule has 0 aliphatic carbocycles. The highest BCUT2D eigenvalue weighted by Crippen LogP contribution is 2.24. The van der Waals surface area contributed by atoms with Gasteiger partial charge in [0.25, 0.3) is 5.91 Å². The second kappa shape index (κ2) is 6.54. The van der Waals surface area contributed by atoms with Crippen molar-refractivity contribution in [2.45, 2.75) is 25.9 Å². The molecule has 4 nitrogen and oxygen atoms in total. The molecule has 1 aromatic carbocycles. The molecule has 1 saturated heterocycles. The number of benzene rings is 1. The fourth-order valence-electron chi connectivity index (χ4n) is 2.23. The monoisotopic (exact) mass is 356 g/mol. The summed E-state index contributed by atoms with van der Waals surface area (Å²) in [6.45, 7) is 3.39. The first-order chi connectivity index (χ1) is 9.49. The maximum Gasteiger partial charge on any atom is 0.263 e. The van der Waals surface area contributed by atoms with Crippen molar-refractivity contribution in [3.05, 3.63) is 28.2 Å². The minimum absolute atomic E-state index is 0.0132. The number of carbonyl (C=O) groups is 1. The van der Waals surface area contributed by atoms with Crippen LogP contribution in [0.5, 0.6) is 5.75 Å². The number of carbonyl (C=O) groups excluding carboxylic acids is 1. The Morgan fingerprint density at radius 2 is 2.10 bits per heavy atom. The summed E-state index contributed by atoms with van der Waals surface area (Å²) in [4.78, 5) is 14.3. The van der Waals surface area contributed by atoms with E-state index in [4.69, 9.17) is 22.7 Å². The molecule has 2 N–H and O–H groups in total. The summed E-state index contributed by atoms with van der Waals surface area (Å²) in [5, 5.41) is 0. The number of nitrogens with two attached hydrogens (primary N) is 1. The van der Waals surface area contributed by atoms with Crippen LogP contribution in [0.1, 0.15) is 25.3 Å².